The molecule has 0 bridgehead atoms. The molecular weight excluding hydrogens is 345 g/mol. The van der Waals surface area contributed by atoms with Gasteiger partial charge in [-0.2, -0.15) is 4.79 Å². The van der Waals surface area contributed by atoms with E-state index in [1.807, 2.05) is 60.7 Å². The van der Waals surface area contributed by atoms with E-state index in [1.165, 1.54) is 13.8 Å². The van der Waals surface area contributed by atoms with Gasteiger partial charge in [-0.25, -0.2) is 4.39 Å². The number of carbonyl (C=O) groups excluding carboxylic acids is 1. The molecule has 1 N–H and O–H groups in total. The lowest BCUT2D eigenvalue weighted by molar-refractivity contribution is -0.161. The second-order valence-corrected chi connectivity index (χ2v) is 6.71. The Labute approximate surface area is 158 Å². The van der Waals surface area contributed by atoms with E-state index in [2.05, 4.69) is 10.1 Å². The van der Waals surface area contributed by atoms with Gasteiger partial charge in [0, 0.05) is 6.54 Å². The highest BCUT2D eigenvalue weighted by molar-refractivity contribution is 5.84. The summed E-state index contributed by atoms with van der Waals surface area (Å²) in [5.41, 5.74) is 9.08. The van der Waals surface area contributed by atoms with Gasteiger partial charge in [0.25, 0.3) is 6.21 Å². The third kappa shape index (κ3) is 6.13. The number of benzene rings is 2. The van der Waals surface area contributed by atoms with Gasteiger partial charge in [0.1, 0.15) is 12.0 Å². The fraction of sp³-hybridized carbons (Fsp3) is 0.333. The van der Waals surface area contributed by atoms with Crippen molar-refractivity contribution in [3.63, 3.8) is 0 Å². The quantitative estimate of drug-likeness (QED) is 0.317. The number of ether oxygens (including phenoxy) is 1. The Bertz CT molecular complexity index is 735. The molecule has 0 aromatic heterocycles. The number of esters is 1. The van der Waals surface area contributed by atoms with Gasteiger partial charge in [0.2, 0.25) is 0 Å². The van der Waals surface area contributed by atoms with Crippen molar-refractivity contribution in [2.75, 3.05) is 6.54 Å². The average molecular weight is 369 g/mol. The molecule has 2 aromatic carbocycles. The van der Waals surface area contributed by atoms with Crippen LogP contribution in [0.15, 0.2) is 60.7 Å². The molecule has 0 aliphatic rings. The lowest BCUT2D eigenvalue weighted by Crippen LogP contribution is -2.44. The number of hydrogen-bond acceptors (Lipinski definition) is 3. The highest BCUT2D eigenvalue weighted by Crippen LogP contribution is 2.24. The summed E-state index contributed by atoms with van der Waals surface area (Å²) in [5, 5.41) is 3.24. The van der Waals surface area contributed by atoms with Crippen molar-refractivity contribution >= 4 is 12.2 Å². The van der Waals surface area contributed by atoms with E-state index in [1.54, 1.807) is 0 Å². The molecule has 142 valence electrons. The van der Waals surface area contributed by atoms with E-state index in [-0.39, 0.29) is 19.0 Å². The summed E-state index contributed by atoms with van der Waals surface area (Å²) in [6.45, 7) is 3.05. The molecule has 0 saturated carbocycles. The lowest BCUT2D eigenvalue weighted by atomic mass is 9.97. The summed E-state index contributed by atoms with van der Waals surface area (Å²) >= 11 is 0. The first kappa shape index (κ1) is 20.5. The minimum absolute atomic E-state index is 0.00280. The molecule has 0 fully saturated rings. The Hall–Kier alpha value is -2.82. The lowest BCUT2D eigenvalue weighted by Gasteiger charge is -2.30. The number of nitrogens with zero attached hydrogens (tertiary/aromatic N) is 2. The number of alkyl halides is 1. The van der Waals surface area contributed by atoms with Crippen LogP contribution in [0.1, 0.15) is 37.4 Å². The normalized spacial score (nSPS) is 12.3. The fourth-order valence-corrected chi connectivity index (χ4v) is 2.70. The molecule has 0 amide bonds. The van der Waals surface area contributed by atoms with Crippen LogP contribution < -0.4 is 5.32 Å². The summed E-state index contributed by atoms with van der Waals surface area (Å²) in [6, 6.07) is 19.4. The van der Waals surface area contributed by atoms with E-state index < -0.39 is 17.7 Å². The molecule has 1 unspecified atom stereocenters. The minimum Gasteiger partial charge on any atom is -0.456 e. The fourth-order valence-electron chi connectivity index (χ4n) is 2.70. The molecule has 0 aliphatic carbocycles. The SMILES string of the molecule is CC(C)(OC(=O)CC=[N+]=[N-])C(F)CNC(c1ccccc1)c1ccccc1. The number of rotatable bonds is 9. The molecule has 0 spiro atoms. The average Bonchev–Trinajstić information content (AvgIpc) is 2.67. The maximum absolute atomic E-state index is 14.8. The van der Waals surface area contributed by atoms with Crippen molar-refractivity contribution in [1.29, 1.82) is 0 Å². The van der Waals surface area contributed by atoms with Gasteiger partial charge >= 0.3 is 5.97 Å². The monoisotopic (exact) mass is 369 g/mol. The second-order valence-electron chi connectivity index (χ2n) is 6.71. The van der Waals surface area contributed by atoms with Crippen LogP contribution in [-0.4, -0.2) is 35.3 Å². The number of carbonyl (C=O) groups is 1. The topological polar surface area (TPSA) is 74.7 Å². The largest absolute Gasteiger partial charge is 0.456 e. The summed E-state index contributed by atoms with van der Waals surface area (Å²) in [4.78, 5) is 14.4. The predicted molar refractivity (Wildman–Crippen MR) is 102 cm³/mol. The third-order valence-electron chi connectivity index (χ3n) is 4.24. The standard InChI is InChI=1S/C21H24FN3O2/c1-21(2,27-19(26)13-14-25-23)18(22)15-24-20(16-9-5-3-6-10-16)17-11-7-4-8-12-17/h3-12,14,18,20,24H,13,15H2,1-2H3. The zero-order chi connectivity index (χ0) is 19.7. The highest BCUT2D eigenvalue weighted by Gasteiger charge is 2.34. The Morgan fingerprint density at radius 1 is 1.15 bits per heavy atom. The summed E-state index contributed by atoms with van der Waals surface area (Å²) in [6.07, 6.45) is -0.635. The molecule has 0 heterocycles. The van der Waals surface area contributed by atoms with E-state index in [9.17, 15) is 9.18 Å². The Balaban J connectivity index is 2.07. The zero-order valence-electron chi connectivity index (χ0n) is 15.5. The maximum Gasteiger partial charge on any atom is 0.317 e. The van der Waals surface area contributed by atoms with Gasteiger partial charge in [-0.1, -0.05) is 60.7 Å². The van der Waals surface area contributed by atoms with E-state index in [4.69, 9.17) is 10.3 Å². The van der Waals surface area contributed by atoms with Gasteiger partial charge in [0.05, 0.1) is 6.04 Å². The molecule has 2 aromatic rings. The molecule has 0 saturated heterocycles. The minimum atomic E-state index is -1.43. The first-order chi connectivity index (χ1) is 12.9. The van der Waals surface area contributed by atoms with Crippen LogP contribution in [0.4, 0.5) is 4.39 Å². The van der Waals surface area contributed by atoms with Crippen LogP contribution in [0.5, 0.6) is 0 Å². The first-order valence-corrected chi connectivity index (χ1v) is 8.79. The molecular formula is C21H24FN3O2. The Kier molecular flexibility index (Phi) is 7.41. The molecule has 0 radical (unpaired) electrons. The van der Waals surface area contributed by atoms with Crippen LogP contribution >= 0.6 is 0 Å². The summed E-state index contributed by atoms with van der Waals surface area (Å²) < 4.78 is 20.0. The molecule has 1 atom stereocenters. The zero-order valence-corrected chi connectivity index (χ0v) is 15.5. The number of halogens is 1. The van der Waals surface area contributed by atoms with Crippen molar-refractivity contribution in [3.05, 3.63) is 77.3 Å². The second kappa shape index (κ2) is 9.76. The maximum atomic E-state index is 14.8. The van der Waals surface area contributed by atoms with Crippen LogP contribution in [-0.2, 0) is 9.53 Å². The number of nitrogens with one attached hydrogen (secondary N) is 1. The van der Waals surface area contributed by atoms with Crippen LogP contribution in [0, 0.1) is 0 Å². The van der Waals surface area contributed by atoms with Crippen LogP contribution in [0.3, 0.4) is 0 Å². The van der Waals surface area contributed by atoms with Gasteiger partial charge in [-0.15, -0.1) is 0 Å². The van der Waals surface area contributed by atoms with Crippen molar-refractivity contribution in [2.24, 2.45) is 0 Å². The van der Waals surface area contributed by atoms with Gasteiger partial charge in [-0.05, 0) is 25.0 Å². The predicted octanol–water partition coefficient (Wildman–Crippen LogP) is 3.72. The highest BCUT2D eigenvalue weighted by atomic mass is 19.1. The van der Waals surface area contributed by atoms with Crippen molar-refractivity contribution in [1.82, 2.24) is 5.32 Å². The molecule has 6 heteroatoms. The van der Waals surface area contributed by atoms with Gasteiger partial charge in [-0.3, -0.25) is 4.79 Å². The first-order valence-electron chi connectivity index (χ1n) is 8.79. The van der Waals surface area contributed by atoms with Crippen molar-refractivity contribution in [2.45, 2.75) is 38.1 Å². The van der Waals surface area contributed by atoms with Gasteiger partial charge < -0.3 is 15.6 Å². The summed E-state index contributed by atoms with van der Waals surface area (Å²) in [5.74, 6) is -0.650. The van der Waals surface area contributed by atoms with E-state index in [0.717, 1.165) is 17.3 Å². The van der Waals surface area contributed by atoms with Crippen molar-refractivity contribution < 1.29 is 18.7 Å². The van der Waals surface area contributed by atoms with E-state index in [0.29, 0.717) is 0 Å². The van der Waals surface area contributed by atoms with E-state index >= 15 is 0 Å². The smallest absolute Gasteiger partial charge is 0.317 e. The molecule has 0 aliphatic heterocycles. The summed E-state index contributed by atoms with van der Waals surface area (Å²) in [7, 11) is 0. The Morgan fingerprint density at radius 2 is 1.67 bits per heavy atom. The molecule has 2 rings (SSSR count). The number of hydrogen-bond donors (Lipinski definition) is 1. The third-order valence-corrected chi connectivity index (χ3v) is 4.24. The van der Waals surface area contributed by atoms with Crippen molar-refractivity contribution in [3.8, 4) is 0 Å². The molecule has 27 heavy (non-hydrogen) atoms. The molecule has 5 nitrogen and oxygen atoms in total. The Morgan fingerprint density at radius 3 is 2.15 bits per heavy atom. The van der Waals surface area contributed by atoms with Crippen LogP contribution in [0.25, 0.3) is 5.53 Å². The van der Waals surface area contributed by atoms with Gasteiger partial charge in [0.15, 0.2) is 6.17 Å². The van der Waals surface area contributed by atoms with Crippen LogP contribution in [0.2, 0.25) is 0 Å².